The van der Waals surface area contributed by atoms with Gasteiger partial charge in [-0.2, -0.15) is 0 Å². The summed E-state index contributed by atoms with van der Waals surface area (Å²) < 4.78 is 8.94. The molecule has 0 saturated carbocycles. The van der Waals surface area contributed by atoms with Crippen molar-refractivity contribution in [3.8, 4) is 0 Å². The largest absolute Gasteiger partial charge is 0.456 e. The molecule has 2 aromatic heterocycles. The highest BCUT2D eigenvalue weighted by molar-refractivity contribution is 7.26. The third kappa shape index (κ3) is 4.57. The molecule has 10 aromatic rings. The highest BCUT2D eigenvalue weighted by atomic mass is 32.1. The van der Waals surface area contributed by atoms with Crippen molar-refractivity contribution in [3.63, 3.8) is 0 Å². The molecule has 0 radical (unpaired) electrons. The first-order chi connectivity index (χ1) is 24.8. The molecule has 0 saturated heterocycles. The van der Waals surface area contributed by atoms with Crippen molar-refractivity contribution in [2.75, 3.05) is 9.80 Å². The third-order valence-electron chi connectivity index (χ3n) is 9.59. The summed E-state index contributed by atoms with van der Waals surface area (Å²) in [6.07, 6.45) is 0. The Hall–Kier alpha value is -6.36. The first-order valence-corrected chi connectivity index (χ1v) is 17.7. The molecule has 0 bridgehead atoms. The van der Waals surface area contributed by atoms with Crippen molar-refractivity contribution in [2.24, 2.45) is 0 Å². The van der Waals surface area contributed by atoms with Crippen LogP contribution in [0.4, 0.5) is 34.1 Å². The number of thiophene rings is 1. The smallest absolute Gasteiger partial charge is 0.137 e. The van der Waals surface area contributed by atoms with Gasteiger partial charge in [-0.3, -0.25) is 0 Å². The molecule has 4 heteroatoms. The lowest BCUT2D eigenvalue weighted by molar-refractivity contribution is 0.669. The van der Waals surface area contributed by atoms with E-state index in [-0.39, 0.29) is 0 Å². The van der Waals surface area contributed by atoms with Gasteiger partial charge in [0, 0.05) is 43.6 Å². The van der Waals surface area contributed by atoms with E-state index >= 15 is 0 Å². The summed E-state index contributed by atoms with van der Waals surface area (Å²) in [6, 6.07) is 64.9. The minimum atomic E-state index is 0.869. The highest BCUT2D eigenvalue weighted by Gasteiger charge is 2.25. The predicted octanol–water partition coefficient (Wildman–Crippen LogP) is 14.0. The van der Waals surface area contributed by atoms with E-state index in [1.54, 1.807) is 0 Å². The maximum atomic E-state index is 6.42. The lowest BCUT2D eigenvalue weighted by Gasteiger charge is -2.30. The van der Waals surface area contributed by atoms with E-state index in [0.717, 1.165) is 56.1 Å². The van der Waals surface area contributed by atoms with Crippen molar-refractivity contribution in [3.05, 3.63) is 182 Å². The van der Waals surface area contributed by atoms with E-state index in [1.807, 2.05) is 17.4 Å². The highest BCUT2D eigenvalue weighted by Crippen LogP contribution is 2.51. The fraction of sp³-hybridized carbons (Fsp3) is 0. The molecule has 3 nitrogen and oxygen atoms in total. The summed E-state index contributed by atoms with van der Waals surface area (Å²) in [6.45, 7) is 0. The summed E-state index contributed by atoms with van der Waals surface area (Å²) >= 11 is 1.86. The van der Waals surface area contributed by atoms with Gasteiger partial charge in [-0.25, -0.2) is 0 Å². The third-order valence-corrected chi connectivity index (χ3v) is 10.8. The number of fused-ring (bicyclic) bond motifs is 8. The molecule has 8 aromatic carbocycles. The van der Waals surface area contributed by atoms with Gasteiger partial charge in [0.25, 0.3) is 0 Å². The lowest BCUT2D eigenvalue weighted by Crippen LogP contribution is -2.13. The Balaban J connectivity index is 1.36. The molecule has 236 valence electrons. The van der Waals surface area contributed by atoms with Gasteiger partial charge in [0.2, 0.25) is 0 Å². The summed E-state index contributed by atoms with van der Waals surface area (Å²) in [7, 11) is 0. The molecule has 0 atom stereocenters. The van der Waals surface area contributed by atoms with E-state index in [0.29, 0.717) is 0 Å². The van der Waals surface area contributed by atoms with Gasteiger partial charge in [0.05, 0.1) is 21.5 Å². The topological polar surface area (TPSA) is 19.6 Å². The maximum Gasteiger partial charge on any atom is 0.137 e. The summed E-state index contributed by atoms with van der Waals surface area (Å²) in [4.78, 5) is 4.80. The van der Waals surface area contributed by atoms with Gasteiger partial charge in [-0.05, 0) is 83.6 Å². The standard InChI is InChI=1S/C46H30N2OS/c1-4-16-32(17-5-1)47(33-18-6-2-7-19-33)40-30-35(29-38-44-36-22-11-10-15-31(36)27-28-43(44)50-46(38)40)48(34-20-8-3-9-21-34)39-24-14-26-42-45(39)37-23-12-13-25-41(37)49-42/h1-30H. The molecular weight excluding hydrogens is 629 g/mol. The second kappa shape index (κ2) is 11.7. The van der Waals surface area contributed by atoms with Gasteiger partial charge in [0.1, 0.15) is 11.2 Å². The zero-order valence-electron chi connectivity index (χ0n) is 27.0. The number of anilines is 6. The fourth-order valence-corrected chi connectivity index (χ4v) is 8.64. The van der Waals surface area contributed by atoms with Crippen LogP contribution >= 0.6 is 11.3 Å². The number of benzene rings is 8. The first kappa shape index (κ1) is 28.6. The van der Waals surface area contributed by atoms with E-state index in [1.165, 1.54) is 30.9 Å². The molecule has 0 spiro atoms. The zero-order chi connectivity index (χ0) is 33.0. The Morgan fingerprint density at radius 1 is 0.380 bits per heavy atom. The Morgan fingerprint density at radius 3 is 1.66 bits per heavy atom. The quantitative estimate of drug-likeness (QED) is 0.177. The van der Waals surface area contributed by atoms with E-state index in [9.17, 15) is 0 Å². The molecule has 0 amide bonds. The first-order valence-electron chi connectivity index (χ1n) is 16.9. The average molecular weight is 659 g/mol. The SMILES string of the molecule is c1ccc(N(c2ccccc2)c2cc(N(c3ccccc3)c3cccc4oc5ccccc5c34)cc3c2sc2ccc4ccccc4c23)cc1. The van der Waals surface area contributed by atoms with Crippen molar-refractivity contribution in [1.82, 2.24) is 0 Å². The molecule has 0 fully saturated rings. The fourth-order valence-electron chi connectivity index (χ4n) is 7.44. The van der Waals surface area contributed by atoms with E-state index in [2.05, 4.69) is 186 Å². The van der Waals surface area contributed by atoms with Crippen molar-refractivity contribution >= 4 is 98.3 Å². The van der Waals surface area contributed by atoms with Gasteiger partial charge >= 0.3 is 0 Å². The molecule has 0 aliphatic heterocycles. The zero-order valence-corrected chi connectivity index (χ0v) is 27.8. The Kier molecular flexibility index (Phi) is 6.68. The number of furan rings is 1. The second-order valence-corrected chi connectivity index (χ2v) is 13.6. The van der Waals surface area contributed by atoms with Crippen LogP contribution in [0.3, 0.4) is 0 Å². The minimum absolute atomic E-state index is 0.869. The minimum Gasteiger partial charge on any atom is -0.456 e. The number of para-hydroxylation sites is 4. The normalized spacial score (nSPS) is 11.6. The van der Waals surface area contributed by atoms with E-state index in [4.69, 9.17) is 4.42 Å². The van der Waals surface area contributed by atoms with Crippen LogP contribution in [0.25, 0.3) is 52.9 Å². The number of nitrogens with zero attached hydrogens (tertiary/aromatic N) is 2. The van der Waals surface area contributed by atoms with Gasteiger partial charge < -0.3 is 14.2 Å². The Bertz CT molecular complexity index is 2780. The van der Waals surface area contributed by atoms with Crippen LogP contribution in [0.15, 0.2) is 186 Å². The van der Waals surface area contributed by atoms with Gasteiger partial charge in [-0.1, -0.05) is 109 Å². The van der Waals surface area contributed by atoms with Crippen LogP contribution in [0, 0.1) is 0 Å². The second-order valence-electron chi connectivity index (χ2n) is 12.5. The van der Waals surface area contributed by atoms with Crippen LogP contribution in [-0.4, -0.2) is 0 Å². The molecular formula is C46H30N2OS. The predicted molar refractivity (Wildman–Crippen MR) is 213 cm³/mol. The van der Waals surface area contributed by atoms with Crippen LogP contribution in [0.5, 0.6) is 0 Å². The lowest BCUT2D eigenvalue weighted by atomic mass is 10.0. The molecule has 10 rings (SSSR count). The van der Waals surface area contributed by atoms with Crippen molar-refractivity contribution in [2.45, 2.75) is 0 Å². The van der Waals surface area contributed by atoms with Crippen LogP contribution < -0.4 is 9.80 Å². The summed E-state index contributed by atoms with van der Waals surface area (Å²) in [5.74, 6) is 0. The molecule has 2 heterocycles. The Labute approximate surface area is 293 Å². The average Bonchev–Trinajstić information content (AvgIpc) is 3.76. The van der Waals surface area contributed by atoms with Gasteiger partial charge in [-0.15, -0.1) is 11.3 Å². The number of hydrogen-bond donors (Lipinski definition) is 0. The van der Waals surface area contributed by atoms with Crippen LogP contribution in [0.1, 0.15) is 0 Å². The summed E-state index contributed by atoms with van der Waals surface area (Å²) in [5.41, 5.74) is 8.31. The molecule has 0 unspecified atom stereocenters. The van der Waals surface area contributed by atoms with Crippen molar-refractivity contribution in [1.29, 1.82) is 0 Å². The molecule has 0 aliphatic carbocycles. The summed E-state index contributed by atoms with van der Waals surface area (Å²) in [5, 5.41) is 7.21. The number of rotatable bonds is 6. The maximum absolute atomic E-state index is 6.42. The Morgan fingerprint density at radius 2 is 0.960 bits per heavy atom. The van der Waals surface area contributed by atoms with Crippen LogP contribution in [-0.2, 0) is 0 Å². The van der Waals surface area contributed by atoms with E-state index < -0.39 is 0 Å². The monoisotopic (exact) mass is 658 g/mol. The van der Waals surface area contributed by atoms with Crippen LogP contribution in [0.2, 0.25) is 0 Å². The molecule has 0 N–H and O–H groups in total. The van der Waals surface area contributed by atoms with Gasteiger partial charge in [0.15, 0.2) is 0 Å². The molecule has 0 aliphatic rings. The van der Waals surface area contributed by atoms with Crippen molar-refractivity contribution < 1.29 is 4.42 Å². The number of hydrogen-bond acceptors (Lipinski definition) is 4. The molecule has 50 heavy (non-hydrogen) atoms.